The number of rotatable bonds is 8. The van der Waals surface area contributed by atoms with Crippen LogP contribution < -0.4 is 26.4 Å². The highest BCUT2D eigenvalue weighted by Crippen LogP contribution is 2.40. The van der Waals surface area contributed by atoms with Gasteiger partial charge in [-0.3, -0.25) is 19.2 Å². The van der Waals surface area contributed by atoms with Crippen molar-refractivity contribution in [3.63, 3.8) is 0 Å². The van der Waals surface area contributed by atoms with Gasteiger partial charge in [0, 0.05) is 13.5 Å². The van der Waals surface area contributed by atoms with E-state index in [0.29, 0.717) is 5.56 Å². The second kappa shape index (κ2) is 20.0. The number of likely N-dealkylation sites (N-methyl/N-ethyl adjacent to an activating group) is 1. The molecule has 2 aliphatic heterocycles. The van der Waals surface area contributed by atoms with E-state index in [4.69, 9.17) is 61.6 Å². The van der Waals surface area contributed by atoms with Crippen LogP contribution in [0.2, 0.25) is 20.1 Å². The number of nitrogens with zero attached hydrogens (tertiary/aromatic N) is 1. The van der Waals surface area contributed by atoms with Gasteiger partial charge in [0.2, 0.25) is 23.6 Å². The summed E-state index contributed by atoms with van der Waals surface area (Å²) in [6.45, 7) is 0. The maximum absolute atomic E-state index is 15.0. The van der Waals surface area contributed by atoms with E-state index in [1.165, 1.54) is 79.8 Å². The van der Waals surface area contributed by atoms with Gasteiger partial charge in [0.1, 0.15) is 35.7 Å². The fourth-order valence-electron chi connectivity index (χ4n) is 6.66. The predicted molar refractivity (Wildman–Crippen MR) is 244 cm³/mol. The van der Waals surface area contributed by atoms with Crippen LogP contribution in [0.25, 0.3) is 0 Å². The maximum atomic E-state index is 15.0. The maximum Gasteiger partial charge on any atom is 0.333 e. The molecule has 0 saturated heterocycles. The van der Waals surface area contributed by atoms with Crippen LogP contribution in [0.4, 0.5) is 0 Å². The number of fused-ring (bicyclic) bond motifs is 9. The summed E-state index contributed by atoms with van der Waals surface area (Å²) in [5.41, 5.74) is 7.09. The lowest BCUT2D eigenvalue weighted by Crippen LogP contribution is -2.54. The summed E-state index contributed by atoms with van der Waals surface area (Å²) in [5.74, 6) is -6.01. The molecular formula is C43H36Cl4IN5O11. The Morgan fingerprint density at radius 3 is 1.98 bits per heavy atom. The number of hydrogen-bond donors (Lipinski definition) is 8. The molecule has 64 heavy (non-hydrogen) atoms. The predicted octanol–water partition coefficient (Wildman–Crippen LogP) is 6.65. The lowest BCUT2D eigenvalue weighted by atomic mass is 9.98. The van der Waals surface area contributed by atoms with E-state index in [1.807, 2.05) is 0 Å². The van der Waals surface area contributed by atoms with Crippen LogP contribution in [-0.2, 0) is 35.1 Å². The summed E-state index contributed by atoms with van der Waals surface area (Å²) >= 11 is 26.7. The summed E-state index contributed by atoms with van der Waals surface area (Å²) in [7, 11) is 2.40. The first-order chi connectivity index (χ1) is 30.3. The summed E-state index contributed by atoms with van der Waals surface area (Å²) in [4.78, 5) is 72.3. The number of methoxy groups -OCH3 is 1. The third-order valence-corrected chi connectivity index (χ3v) is 12.1. The van der Waals surface area contributed by atoms with Crippen LogP contribution in [0.15, 0.2) is 84.9 Å². The Morgan fingerprint density at radius 1 is 0.828 bits per heavy atom. The van der Waals surface area contributed by atoms with Gasteiger partial charge in [-0.15, -0.1) is 0 Å². The van der Waals surface area contributed by atoms with Crippen molar-refractivity contribution in [2.45, 2.75) is 36.6 Å². The van der Waals surface area contributed by atoms with Crippen LogP contribution in [0.1, 0.15) is 52.0 Å². The van der Waals surface area contributed by atoms with Crippen LogP contribution in [0, 0.1) is 3.57 Å². The normalized spacial score (nSPS) is 17.4. The van der Waals surface area contributed by atoms with Gasteiger partial charge in [0.05, 0.1) is 30.8 Å². The van der Waals surface area contributed by atoms with Crippen molar-refractivity contribution in [3.05, 3.63) is 136 Å². The lowest BCUT2D eigenvalue weighted by molar-refractivity contribution is -0.147. The number of carbonyl (C=O) groups is 5. The van der Waals surface area contributed by atoms with Crippen molar-refractivity contribution < 1.29 is 53.9 Å². The summed E-state index contributed by atoms with van der Waals surface area (Å²) < 4.78 is 11.2. The minimum absolute atomic E-state index is 0.0300. The molecule has 0 aromatic heterocycles. The Labute approximate surface area is 398 Å². The number of carbonyl (C=O) groups excluding carboxylic acids is 5. The van der Waals surface area contributed by atoms with E-state index < -0.39 is 71.3 Å². The zero-order chi connectivity index (χ0) is 46.7. The Balaban J connectivity index is 1.49. The molecule has 2 aliphatic rings. The van der Waals surface area contributed by atoms with Crippen LogP contribution in [-0.4, -0.2) is 75.1 Å². The molecule has 0 unspecified atom stereocenters. The minimum atomic E-state index is -1.76. The van der Waals surface area contributed by atoms with Gasteiger partial charge in [-0.2, -0.15) is 0 Å². The van der Waals surface area contributed by atoms with E-state index in [9.17, 15) is 44.4 Å². The number of phenolic OH excluding ortho intramolecular Hbond substituents is 4. The SMILES string of the molecule is COC(=O)[C@H](NC(=O)[C@@H]1Cc2ccc(cc2)Oc2cc(cc(I)c2O)[C@@H](NC(=O)[C@H](N)c2cc(Cl)c(O)c(Cl)c2)C(=O)N[C@H](c2cc(Cl)c(O)c(Cl)c2)C(=O)N1C)c1ccc(O)cc1. The van der Waals surface area contributed by atoms with Gasteiger partial charge in [0.25, 0.3) is 0 Å². The first-order valence-electron chi connectivity index (χ1n) is 18.7. The van der Waals surface area contributed by atoms with Crippen LogP contribution in [0.3, 0.4) is 0 Å². The van der Waals surface area contributed by atoms with Crippen molar-refractivity contribution in [1.82, 2.24) is 20.9 Å². The molecule has 4 bridgehead atoms. The van der Waals surface area contributed by atoms with E-state index in [2.05, 4.69) is 16.0 Å². The summed E-state index contributed by atoms with van der Waals surface area (Å²) in [5, 5.41) is 48.4. The van der Waals surface area contributed by atoms with Gasteiger partial charge in [-0.25, -0.2) is 4.79 Å². The number of benzene rings is 5. The number of ether oxygens (including phenoxy) is 2. The van der Waals surface area contributed by atoms with Gasteiger partial charge in [-0.1, -0.05) is 70.7 Å². The first-order valence-corrected chi connectivity index (χ1v) is 21.3. The summed E-state index contributed by atoms with van der Waals surface area (Å²) in [6, 6.07) is 11.3. The van der Waals surface area contributed by atoms with Gasteiger partial charge in [0.15, 0.2) is 29.0 Å². The van der Waals surface area contributed by atoms with Crippen molar-refractivity contribution in [2.75, 3.05) is 14.2 Å². The smallest absolute Gasteiger partial charge is 0.333 e. The molecule has 0 spiro atoms. The Bertz CT molecular complexity index is 2610. The van der Waals surface area contributed by atoms with E-state index in [0.717, 1.165) is 12.0 Å². The van der Waals surface area contributed by atoms with Crippen molar-refractivity contribution in [3.8, 4) is 34.5 Å². The average molecular weight is 1070 g/mol. The molecule has 334 valence electrons. The topological polar surface area (TPSA) is 250 Å². The second-order valence-corrected chi connectivity index (χ2v) is 17.1. The third kappa shape index (κ3) is 10.5. The van der Waals surface area contributed by atoms with Crippen LogP contribution in [0.5, 0.6) is 34.5 Å². The number of aromatic hydroxyl groups is 4. The molecule has 0 fully saturated rings. The zero-order valence-corrected chi connectivity index (χ0v) is 38.4. The molecule has 21 heteroatoms. The van der Waals surface area contributed by atoms with Gasteiger partial charge < -0.3 is 56.5 Å². The number of esters is 1. The molecule has 4 amide bonds. The van der Waals surface area contributed by atoms with E-state index in [1.54, 1.807) is 34.7 Å². The molecule has 5 aromatic rings. The number of nitrogens with one attached hydrogen (secondary N) is 3. The number of amides is 4. The van der Waals surface area contributed by atoms with Crippen molar-refractivity contribution in [2.24, 2.45) is 5.73 Å². The van der Waals surface area contributed by atoms with E-state index >= 15 is 0 Å². The van der Waals surface area contributed by atoms with Gasteiger partial charge >= 0.3 is 5.97 Å². The Hall–Kier alpha value is -5.70. The Morgan fingerprint density at radius 2 is 1.41 bits per heavy atom. The highest BCUT2D eigenvalue weighted by molar-refractivity contribution is 14.1. The second-order valence-electron chi connectivity index (χ2n) is 14.3. The van der Waals surface area contributed by atoms with Gasteiger partial charge in [-0.05, 0) is 111 Å². The zero-order valence-electron chi connectivity index (χ0n) is 33.2. The molecule has 0 radical (unpaired) electrons. The van der Waals surface area contributed by atoms with Crippen LogP contribution >= 0.6 is 69.0 Å². The highest BCUT2D eigenvalue weighted by atomic mass is 127. The summed E-state index contributed by atoms with van der Waals surface area (Å²) in [6.07, 6.45) is -0.184. The molecule has 2 heterocycles. The number of phenols is 4. The first kappa shape index (κ1) is 47.8. The molecule has 9 N–H and O–H groups in total. The minimum Gasteiger partial charge on any atom is -0.508 e. The fraction of sp³-hybridized carbons (Fsp3) is 0.186. The fourth-order valence-corrected chi connectivity index (χ4v) is 8.29. The molecule has 0 aliphatic carbocycles. The third-order valence-electron chi connectivity index (χ3n) is 10.2. The quantitative estimate of drug-likeness (QED) is 0.0601. The van der Waals surface area contributed by atoms with Crippen molar-refractivity contribution >= 4 is 98.6 Å². The number of hydrogen-bond acceptors (Lipinski definition) is 12. The van der Waals surface area contributed by atoms with Crippen molar-refractivity contribution in [1.29, 1.82) is 0 Å². The number of halogens is 5. The monoisotopic (exact) mass is 1070 g/mol. The molecule has 0 saturated carbocycles. The molecule has 5 atom stereocenters. The molecule has 16 nitrogen and oxygen atoms in total. The average Bonchev–Trinajstić information content (AvgIpc) is 3.27. The Kier molecular flexibility index (Phi) is 14.9. The lowest BCUT2D eigenvalue weighted by Gasteiger charge is -2.33. The molecule has 7 rings (SSSR count). The standard InChI is InChI=1S/C43H36Cl4IN5O11/c1-53-30(39(58)52-35(43(62)63-2)19-5-7-23(54)8-6-19)11-18-3-9-24(10-4-18)64-31-17-22(16-29(48)38(31)57)33(50-40(59)32(49)20-12-25(44)36(55)26(45)13-20)41(60)51-34(42(53)61)21-14-27(46)37(56)28(47)15-21/h3-10,12-17,30,32-35,54-57H,11,49H2,1-2H3,(H,50,59)(H,51,60)(H,52,58)/t30-,32+,33+,34+,35+/m0/s1. The van der Waals surface area contributed by atoms with E-state index in [-0.39, 0.29) is 75.3 Å². The highest BCUT2D eigenvalue weighted by Gasteiger charge is 2.38. The molecule has 5 aromatic carbocycles. The largest absolute Gasteiger partial charge is 0.508 e. The number of nitrogens with two attached hydrogens (primary N) is 1. The molecular weight excluding hydrogens is 1030 g/mol.